The Bertz CT molecular complexity index is 1330. The Balaban J connectivity index is 1.72. The number of aryl methyl sites for hydroxylation is 1. The highest BCUT2D eigenvalue weighted by atomic mass is 32.1. The Morgan fingerprint density at radius 2 is 1.83 bits per heavy atom. The van der Waals surface area contributed by atoms with Crippen LogP contribution in [-0.2, 0) is 22.6 Å². The van der Waals surface area contributed by atoms with E-state index in [0.29, 0.717) is 40.3 Å². The fraction of sp³-hybridized carbons (Fsp3) is 0.280. The molecule has 0 aliphatic rings. The maximum atomic E-state index is 13.8. The summed E-state index contributed by atoms with van der Waals surface area (Å²) in [5, 5.41) is 7.11. The second-order valence-electron chi connectivity index (χ2n) is 7.89. The van der Waals surface area contributed by atoms with Crippen molar-refractivity contribution in [2.45, 2.75) is 20.0 Å². The van der Waals surface area contributed by atoms with Gasteiger partial charge < -0.3 is 19.1 Å². The number of rotatable bonds is 9. The smallest absolute Gasteiger partial charge is 0.325 e. The molecule has 3 heterocycles. The van der Waals surface area contributed by atoms with Crippen molar-refractivity contribution < 1.29 is 23.8 Å². The Morgan fingerprint density at radius 3 is 2.46 bits per heavy atom. The van der Waals surface area contributed by atoms with E-state index < -0.39 is 5.97 Å². The molecule has 0 fully saturated rings. The van der Waals surface area contributed by atoms with Crippen LogP contribution < -0.4 is 9.47 Å². The number of ether oxygens (including phenoxy) is 3. The number of hydrogen-bond donors (Lipinski definition) is 0. The van der Waals surface area contributed by atoms with Crippen LogP contribution in [0.1, 0.15) is 26.5 Å². The Labute approximate surface area is 206 Å². The van der Waals surface area contributed by atoms with E-state index in [0.717, 1.165) is 10.4 Å². The summed E-state index contributed by atoms with van der Waals surface area (Å²) in [5.74, 6) is 0.315. The lowest BCUT2D eigenvalue weighted by Crippen LogP contribution is -2.36. The van der Waals surface area contributed by atoms with Gasteiger partial charge in [-0.3, -0.25) is 9.59 Å². The molecule has 4 aromatic rings. The lowest BCUT2D eigenvalue weighted by Gasteiger charge is -2.23. The van der Waals surface area contributed by atoms with Crippen LogP contribution >= 0.6 is 11.3 Å². The highest BCUT2D eigenvalue weighted by Gasteiger charge is 2.24. The molecule has 182 valence electrons. The highest BCUT2D eigenvalue weighted by molar-refractivity contribution is 7.09. The maximum Gasteiger partial charge on any atom is 0.325 e. The van der Waals surface area contributed by atoms with Gasteiger partial charge in [0, 0.05) is 23.2 Å². The van der Waals surface area contributed by atoms with Gasteiger partial charge in [0.2, 0.25) is 0 Å². The first kappa shape index (κ1) is 24.2. The van der Waals surface area contributed by atoms with E-state index in [1.54, 1.807) is 60.7 Å². The molecule has 35 heavy (non-hydrogen) atoms. The van der Waals surface area contributed by atoms with Gasteiger partial charge in [0.25, 0.3) is 5.91 Å². The van der Waals surface area contributed by atoms with Crippen molar-refractivity contribution in [3.63, 3.8) is 0 Å². The molecule has 10 heteroatoms. The van der Waals surface area contributed by atoms with Crippen LogP contribution in [0.15, 0.2) is 48.0 Å². The topological polar surface area (TPSA) is 95.8 Å². The van der Waals surface area contributed by atoms with Crippen LogP contribution in [0.4, 0.5) is 0 Å². The lowest BCUT2D eigenvalue weighted by molar-refractivity contribution is -0.141. The van der Waals surface area contributed by atoms with Crippen LogP contribution in [0.3, 0.4) is 0 Å². The average molecular weight is 495 g/mol. The zero-order chi connectivity index (χ0) is 24.9. The molecule has 0 atom stereocenters. The number of amides is 1. The first-order valence-electron chi connectivity index (χ1n) is 10.9. The van der Waals surface area contributed by atoms with Crippen molar-refractivity contribution in [2.24, 2.45) is 0 Å². The van der Waals surface area contributed by atoms with E-state index in [-0.39, 0.29) is 19.0 Å². The minimum Gasteiger partial charge on any atom is -0.497 e. The van der Waals surface area contributed by atoms with Crippen molar-refractivity contribution in [1.82, 2.24) is 19.7 Å². The highest BCUT2D eigenvalue weighted by Crippen LogP contribution is 2.26. The van der Waals surface area contributed by atoms with Crippen LogP contribution in [0.2, 0.25) is 0 Å². The summed E-state index contributed by atoms with van der Waals surface area (Å²) >= 11 is 1.63. The molecule has 3 aromatic heterocycles. The Hall–Kier alpha value is -3.92. The van der Waals surface area contributed by atoms with E-state index >= 15 is 0 Å². The van der Waals surface area contributed by atoms with Crippen LogP contribution in [0, 0.1) is 6.92 Å². The first-order chi connectivity index (χ1) is 16.9. The normalized spacial score (nSPS) is 10.9. The Kier molecular flexibility index (Phi) is 7.31. The summed E-state index contributed by atoms with van der Waals surface area (Å²) < 4.78 is 17.3. The molecule has 0 saturated carbocycles. The van der Waals surface area contributed by atoms with Crippen LogP contribution in [0.5, 0.6) is 11.5 Å². The fourth-order valence-corrected chi connectivity index (χ4v) is 4.47. The van der Waals surface area contributed by atoms with E-state index in [1.807, 2.05) is 24.4 Å². The molecule has 0 radical (unpaired) electrons. The van der Waals surface area contributed by atoms with Gasteiger partial charge in [-0.15, -0.1) is 11.3 Å². The van der Waals surface area contributed by atoms with Gasteiger partial charge in [-0.1, -0.05) is 6.07 Å². The lowest BCUT2D eigenvalue weighted by atomic mass is 10.1. The molecule has 0 aliphatic carbocycles. The molecule has 1 aromatic carbocycles. The largest absolute Gasteiger partial charge is 0.497 e. The van der Waals surface area contributed by atoms with Crippen LogP contribution in [-0.4, -0.2) is 59.4 Å². The Morgan fingerprint density at radius 1 is 1.09 bits per heavy atom. The third kappa shape index (κ3) is 5.43. The fourth-order valence-electron chi connectivity index (χ4n) is 3.78. The van der Waals surface area contributed by atoms with Crippen molar-refractivity contribution in [2.75, 3.05) is 27.9 Å². The number of esters is 1. The number of hydrogen-bond acceptors (Lipinski definition) is 8. The second kappa shape index (κ2) is 10.6. The number of nitrogens with zero attached hydrogens (tertiary/aromatic N) is 4. The van der Waals surface area contributed by atoms with Gasteiger partial charge in [0.15, 0.2) is 5.65 Å². The van der Waals surface area contributed by atoms with Gasteiger partial charge in [-0.05, 0) is 42.1 Å². The van der Waals surface area contributed by atoms with E-state index in [2.05, 4.69) is 10.1 Å². The monoisotopic (exact) mass is 494 g/mol. The van der Waals surface area contributed by atoms with E-state index in [1.165, 1.54) is 12.0 Å². The summed E-state index contributed by atoms with van der Waals surface area (Å²) in [6.07, 6.45) is 1.65. The molecular weight excluding hydrogens is 468 g/mol. The van der Waals surface area contributed by atoms with Crippen LogP contribution in [0.25, 0.3) is 11.0 Å². The maximum absolute atomic E-state index is 13.8. The molecule has 0 unspecified atom stereocenters. The molecule has 4 rings (SSSR count). The standard InChI is InChI=1S/C25H26N4O5S/c1-16-8-21(22-12-26-29(24(22)27-16)14-20-6-5-7-35-20)25(31)28(15-23(30)34-4)13-17-9-18(32-2)11-19(10-17)33-3/h5-12H,13-15H2,1-4H3. The molecule has 1 amide bonds. The van der Waals surface area contributed by atoms with Gasteiger partial charge in [0.1, 0.15) is 18.0 Å². The number of fused-ring (bicyclic) bond motifs is 1. The molecule has 0 aliphatic heterocycles. The number of pyridine rings is 1. The predicted molar refractivity (Wildman–Crippen MR) is 132 cm³/mol. The van der Waals surface area contributed by atoms with Crippen molar-refractivity contribution in [3.05, 3.63) is 69.7 Å². The van der Waals surface area contributed by atoms with Crippen molar-refractivity contribution in [3.8, 4) is 11.5 Å². The average Bonchev–Trinajstić information content (AvgIpc) is 3.52. The molecule has 0 spiro atoms. The van der Waals surface area contributed by atoms with Gasteiger partial charge >= 0.3 is 5.97 Å². The van der Waals surface area contributed by atoms with Gasteiger partial charge in [-0.2, -0.15) is 5.10 Å². The molecule has 9 nitrogen and oxygen atoms in total. The third-order valence-corrected chi connectivity index (χ3v) is 6.33. The number of carbonyl (C=O) groups excluding carboxylic acids is 2. The third-order valence-electron chi connectivity index (χ3n) is 5.47. The SMILES string of the molecule is COC(=O)CN(Cc1cc(OC)cc(OC)c1)C(=O)c1cc(C)nc2c1cnn2Cc1cccs1. The number of benzene rings is 1. The van der Waals surface area contributed by atoms with Crippen molar-refractivity contribution >= 4 is 34.2 Å². The summed E-state index contributed by atoms with van der Waals surface area (Å²) in [6.45, 7) is 2.31. The minimum atomic E-state index is -0.524. The van der Waals surface area contributed by atoms with Gasteiger partial charge in [0.05, 0.1) is 45.0 Å². The van der Waals surface area contributed by atoms with E-state index in [9.17, 15) is 9.59 Å². The number of methoxy groups -OCH3 is 3. The van der Waals surface area contributed by atoms with Crippen molar-refractivity contribution in [1.29, 1.82) is 0 Å². The zero-order valence-electron chi connectivity index (χ0n) is 20.0. The predicted octanol–water partition coefficient (Wildman–Crippen LogP) is 3.68. The molecule has 0 N–H and O–H groups in total. The number of carbonyl (C=O) groups is 2. The molecular formula is C25H26N4O5S. The summed E-state index contributed by atoms with van der Waals surface area (Å²) in [6, 6.07) is 11.1. The summed E-state index contributed by atoms with van der Waals surface area (Å²) in [7, 11) is 4.41. The minimum absolute atomic E-state index is 0.147. The molecule has 0 saturated heterocycles. The first-order valence-corrected chi connectivity index (χ1v) is 11.7. The molecule has 0 bridgehead atoms. The number of thiophene rings is 1. The van der Waals surface area contributed by atoms with E-state index in [4.69, 9.17) is 14.2 Å². The zero-order valence-corrected chi connectivity index (χ0v) is 20.8. The second-order valence-corrected chi connectivity index (χ2v) is 8.92. The summed E-state index contributed by atoms with van der Waals surface area (Å²) in [4.78, 5) is 33.2. The number of aromatic nitrogens is 3. The quantitative estimate of drug-likeness (QED) is 0.328. The van der Waals surface area contributed by atoms with Gasteiger partial charge in [-0.25, -0.2) is 9.67 Å². The summed E-state index contributed by atoms with van der Waals surface area (Å²) in [5.41, 5.74) is 2.45.